The van der Waals surface area contributed by atoms with E-state index in [0.717, 1.165) is 54.6 Å². The Morgan fingerprint density at radius 1 is 0.462 bits per heavy atom. The lowest BCUT2D eigenvalue weighted by atomic mass is 10.2. The molecule has 0 saturated heterocycles. The number of allylic oxidation sites excluding steroid dienone is 12. The molecule has 0 radical (unpaired) electrons. The van der Waals surface area contributed by atoms with Crippen molar-refractivity contribution in [3.63, 3.8) is 0 Å². The molecule has 5 aliphatic heterocycles. The molecule has 5 aliphatic rings. The SMILES string of the molecule is BrC1=CC2=NC1=CC1=NC(=CC3=NC(=CC4=NC(=C2)C=C4)C(Br)=C3)C=C1. The molecule has 0 N–H and O–H groups in total. The van der Waals surface area contributed by atoms with Crippen molar-refractivity contribution in [3.05, 3.63) is 92.5 Å². The van der Waals surface area contributed by atoms with E-state index >= 15 is 0 Å². The Bertz CT molecular complexity index is 1040. The van der Waals surface area contributed by atoms with Crippen LogP contribution in [0, 0.1) is 0 Å². The van der Waals surface area contributed by atoms with Crippen LogP contribution in [0.5, 0.6) is 0 Å². The van der Waals surface area contributed by atoms with Gasteiger partial charge >= 0.3 is 0 Å². The molecule has 0 spiro atoms. The van der Waals surface area contributed by atoms with E-state index in [1.807, 2.05) is 60.8 Å². The monoisotopic (exact) mass is 464 g/mol. The van der Waals surface area contributed by atoms with Crippen molar-refractivity contribution in [1.29, 1.82) is 0 Å². The summed E-state index contributed by atoms with van der Waals surface area (Å²) >= 11 is 7.15. The summed E-state index contributed by atoms with van der Waals surface area (Å²) < 4.78 is 1.87. The normalized spacial score (nSPS) is 22.7. The van der Waals surface area contributed by atoms with Crippen molar-refractivity contribution in [2.45, 2.75) is 0 Å². The molecule has 0 aromatic rings. The molecule has 4 nitrogen and oxygen atoms in total. The van der Waals surface area contributed by atoms with Crippen LogP contribution in [0.4, 0.5) is 0 Å². The van der Waals surface area contributed by atoms with Crippen LogP contribution in [-0.2, 0) is 0 Å². The first-order chi connectivity index (χ1) is 12.6. The van der Waals surface area contributed by atoms with Crippen LogP contribution in [0.15, 0.2) is 112 Å². The summed E-state index contributed by atoms with van der Waals surface area (Å²) in [5.74, 6) is 0. The lowest BCUT2D eigenvalue weighted by Crippen LogP contribution is -1.89. The van der Waals surface area contributed by atoms with E-state index < -0.39 is 0 Å². The first kappa shape index (κ1) is 15.8. The molecular formula is C20H10Br2N4. The van der Waals surface area contributed by atoms with Crippen LogP contribution < -0.4 is 0 Å². The minimum atomic E-state index is 0.850. The highest BCUT2D eigenvalue weighted by atomic mass is 79.9. The number of halogens is 2. The molecular weight excluding hydrogens is 456 g/mol. The quantitative estimate of drug-likeness (QED) is 0.482. The second-order valence-electron chi connectivity index (χ2n) is 6.00. The number of hydrogen-bond donors (Lipinski definition) is 0. The third kappa shape index (κ3) is 2.95. The molecule has 8 bridgehead atoms. The summed E-state index contributed by atoms with van der Waals surface area (Å²) in [5.41, 5.74) is 6.86. The molecule has 0 aromatic carbocycles. The Labute approximate surface area is 166 Å². The molecule has 0 aliphatic carbocycles. The van der Waals surface area contributed by atoms with Gasteiger partial charge in [0, 0.05) is 8.96 Å². The van der Waals surface area contributed by atoms with Gasteiger partial charge in [-0.1, -0.05) is 0 Å². The fraction of sp³-hybridized carbons (Fsp3) is 0. The van der Waals surface area contributed by atoms with Crippen LogP contribution in [0.3, 0.4) is 0 Å². The van der Waals surface area contributed by atoms with Gasteiger partial charge in [0.15, 0.2) is 0 Å². The zero-order valence-corrected chi connectivity index (χ0v) is 16.5. The van der Waals surface area contributed by atoms with E-state index in [0.29, 0.717) is 0 Å². The average Bonchev–Trinajstić information content (AvgIpc) is 3.34. The Balaban J connectivity index is 1.68. The van der Waals surface area contributed by atoms with Gasteiger partial charge in [-0.3, -0.25) is 0 Å². The summed E-state index contributed by atoms with van der Waals surface area (Å²) in [6, 6.07) is 0. The van der Waals surface area contributed by atoms with Gasteiger partial charge in [0.05, 0.1) is 45.6 Å². The fourth-order valence-electron chi connectivity index (χ4n) is 2.90. The second kappa shape index (κ2) is 6.07. The van der Waals surface area contributed by atoms with Gasteiger partial charge in [-0.2, -0.15) is 0 Å². The lowest BCUT2D eigenvalue weighted by molar-refractivity contribution is 1.41. The Morgan fingerprint density at radius 2 is 0.923 bits per heavy atom. The predicted molar refractivity (Wildman–Crippen MR) is 114 cm³/mol. The number of hydrogen-bond acceptors (Lipinski definition) is 4. The molecule has 0 atom stereocenters. The third-order valence-electron chi connectivity index (χ3n) is 4.06. The van der Waals surface area contributed by atoms with Crippen molar-refractivity contribution in [2.75, 3.05) is 0 Å². The van der Waals surface area contributed by atoms with E-state index in [-0.39, 0.29) is 0 Å². The van der Waals surface area contributed by atoms with Crippen LogP contribution in [0.1, 0.15) is 0 Å². The maximum Gasteiger partial charge on any atom is 0.0801 e. The smallest absolute Gasteiger partial charge is 0.0801 e. The average molecular weight is 466 g/mol. The van der Waals surface area contributed by atoms with E-state index in [1.165, 1.54) is 0 Å². The molecule has 26 heavy (non-hydrogen) atoms. The topological polar surface area (TPSA) is 49.4 Å². The maximum absolute atomic E-state index is 4.65. The zero-order chi connectivity index (χ0) is 17.7. The van der Waals surface area contributed by atoms with Crippen LogP contribution in [0.25, 0.3) is 0 Å². The second-order valence-corrected chi connectivity index (χ2v) is 7.70. The number of nitrogens with zero attached hydrogens (tertiary/aromatic N) is 4. The molecule has 0 fully saturated rings. The highest BCUT2D eigenvalue weighted by molar-refractivity contribution is 9.12. The Morgan fingerprint density at radius 3 is 1.38 bits per heavy atom. The number of aliphatic imine (C=N–C) groups is 4. The predicted octanol–water partition coefficient (Wildman–Crippen LogP) is 5.02. The van der Waals surface area contributed by atoms with Gasteiger partial charge in [0.25, 0.3) is 0 Å². The van der Waals surface area contributed by atoms with Crippen molar-refractivity contribution in [3.8, 4) is 0 Å². The van der Waals surface area contributed by atoms with Crippen LogP contribution >= 0.6 is 31.9 Å². The zero-order valence-electron chi connectivity index (χ0n) is 13.3. The lowest BCUT2D eigenvalue weighted by Gasteiger charge is -1.95. The van der Waals surface area contributed by atoms with Crippen molar-refractivity contribution in [2.24, 2.45) is 20.0 Å². The third-order valence-corrected chi connectivity index (χ3v) is 5.33. The Hall–Kier alpha value is -2.44. The van der Waals surface area contributed by atoms with Crippen molar-refractivity contribution >= 4 is 54.7 Å². The van der Waals surface area contributed by atoms with Crippen LogP contribution in [0.2, 0.25) is 0 Å². The van der Waals surface area contributed by atoms with Gasteiger partial charge in [0.1, 0.15) is 0 Å². The Kier molecular flexibility index (Phi) is 3.69. The van der Waals surface area contributed by atoms with Gasteiger partial charge < -0.3 is 0 Å². The van der Waals surface area contributed by atoms with E-state index in [4.69, 9.17) is 0 Å². The molecule has 0 unspecified atom stereocenters. The first-order valence-electron chi connectivity index (χ1n) is 7.95. The van der Waals surface area contributed by atoms with Gasteiger partial charge in [-0.05, 0) is 92.6 Å². The van der Waals surface area contributed by atoms with Crippen LogP contribution in [-0.4, -0.2) is 22.8 Å². The van der Waals surface area contributed by atoms with E-state index in [1.54, 1.807) is 0 Å². The standard InChI is InChI=1S/C20H10Br2N4/c21-17-7-15-5-11-1-3-13(23-11)9-19-18(22)8-16(26-19)6-12-2-4-14(24-12)10-20(17)25-15/h1-10H. The number of rotatable bonds is 0. The van der Waals surface area contributed by atoms with E-state index in [2.05, 4.69) is 51.8 Å². The van der Waals surface area contributed by atoms with Gasteiger partial charge in [-0.15, -0.1) is 0 Å². The molecule has 6 heteroatoms. The minimum absolute atomic E-state index is 0.850. The highest BCUT2D eigenvalue weighted by Gasteiger charge is 2.16. The summed E-state index contributed by atoms with van der Waals surface area (Å²) in [5, 5.41) is 0. The number of fused-ring (bicyclic) bond motifs is 4. The molecule has 5 heterocycles. The molecule has 5 rings (SSSR count). The highest BCUT2D eigenvalue weighted by Crippen LogP contribution is 2.29. The fourth-order valence-corrected chi connectivity index (χ4v) is 3.78. The summed E-state index contributed by atoms with van der Waals surface area (Å²) in [6.07, 6.45) is 19.7. The van der Waals surface area contributed by atoms with Gasteiger partial charge in [-0.25, -0.2) is 20.0 Å². The molecule has 124 valence electrons. The first-order valence-corrected chi connectivity index (χ1v) is 9.54. The minimum Gasteiger partial charge on any atom is -0.249 e. The van der Waals surface area contributed by atoms with Crippen molar-refractivity contribution in [1.82, 2.24) is 0 Å². The molecule has 0 aromatic heterocycles. The largest absolute Gasteiger partial charge is 0.249 e. The maximum atomic E-state index is 4.65. The van der Waals surface area contributed by atoms with E-state index in [9.17, 15) is 0 Å². The molecule has 0 saturated carbocycles. The summed E-state index contributed by atoms with van der Waals surface area (Å²) in [4.78, 5) is 18.6. The van der Waals surface area contributed by atoms with Crippen molar-refractivity contribution < 1.29 is 0 Å². The molecule has 0 amide bonds. The summed E-state index contributed by atoms with van der Waals surface area (Å²) in [7, 11) is 0. The van der Waals surface area contributed by atoms with Gasteiger partial charge in [0.2, 0.25) is 0 Å². The summed E-state index contributed by atoms with van der Waals surface area (Å²) in [6.45, 7) is 0.